The average molecular weight is 305 g/mol. The smallest absolute Gasteiger partial charge is 0.213 e. The minimum absolute atomic E-state index is 0. The highest BCUT2D eigenvalue weighted by Crippen LogP contribution is 2.13. The Morgan fingerprint density at radius 2 is 1.90 bits per heavy atom. The van der Waals surface area contributed by atoms with Crippen molar-refractivity contribution in [3.05, 3.63) is 59.8 Å². The monoisotopic (exact) mass is 304 g/mol. The summed E-state index contributed by atoms with van der Waals surface area (Å²) in [5.41, 5.74) is 2.44. The lowest BCUT2D eigenvalue weighted by Crippen LogP contribution is -2.12. The van der Waals surface area contributed by atoms with Gasteiger partial charge in [0, 0.05) is 24.4 Å². The lowest BCUT2D eigenvalue weighted by Gasteiger charge is -2.10. The van der Waals surface area contributed by atoms with Gasteiger partial charge in [0.2, 0.25) is 5.88 Å². The van der Waals surface area contributed by atoms with Crippen molar-refractivity contribution in [2.45, 2.75) is 19.8 Å². The van der Waals surface area contributed by atoms with E-state index in [1.165, 1.54) is 17.3 Å². The molecular formula is C17H21ClN2O. The molecule has 4 heteroatoms. The van der Waals surface area contributed by atoms with Gasteiger partial charge in [0.25, 0.3) is 0 Å². The second-order valence-electron chi connectivity index (χ2n) is 4.81. The molecule has 1 atom stereocenters. The van der Waals surface area contributed by atoms with Crippen LogP contribution in [0.2, 0.25) is 0 Å². The Kier molecular flexibility index (Phi) is 7.48. The fourth-order valence-corrected chi connectivity index (χ4v) is 1.91. The Hall–Kier alpha value is -1.87. The van der Waals surface area contributed by atoms with Crippen LogP contribution in [-0.2, 0) is 6.42 Å². The molecule has 1 aromatic carbocycles. The first kappa shape index (κ1) is 17.2. The molecule has 1 heterocycles. The molecule has 0 amide bonds. The van der Waals surface area contributed by atoms with Crippen LogP contribution in [0.15, 0.2) is 48.7 Å². The molecule has 0 bridgehead atoms. The molecule has 0 aliphatic heterocycles. The highest BCUT2D eigenvalue weighted by molar-refractivity contribution is 5.85. The lowest BCUT2D eigenvalue weighted by molar-refractivity contribution is 0.273. The Morgan fingerprint density at radius 3 is 2.48 bits per heavy atom. The summed E-state index contributed by atoms with van der Waals surface area (Å²) in [6.45, 7) is 2.57. The molecule has 0 fully saturated rings. The van der Waals surface area contributed by atoms with Crippen LogP contribution in [-0.4, -0.2) is 17.8 Å². The zero-order chi connectivity index (χ0) is 14.2. The van der Waals surface area contributed by atoms with Crippen LogP contribution in [0, 0.1) is 11.3 Å². The summed E-state index contributed by atoms with van der Waals surface area (Å²) in [5.74, 6) is 0.794. The quantitative estimate of drug-likeness (QED) is 0.781. The zero-order valence-corrected chi connectivity index (χ0v) is 13.0. The van der Waals surface area contributed by atoms with Gasteiger partial charge in [-0.1, -0.05) is 43.3 Å². The summed E-state index contributed by atoms with van der Waals surface area (Å²) in [6.07, 6.45) is 5.08. The van der Waals surface area contributed by atoms with Gasteiger partial charge in [0.15, 0.2) is 0 Å². The van der Waals surface area contributed by atoms with Crippen molar-refractivity contribution in [1.29, 1.82) is 5.41 Å². The minimum Gasteiger partial charge on any atom is -0.477 e. The van der Waals surface area contributed by atoms with Gasteiger partial charge in [0.05, 0.1) is 6.61 Å². The Labute approximate surface area is 132 Å². The second kappa shape index (κ2) is 9.14. The van der Waals surface area contributed by atoms with Crippen LogP contribution < -0.4 is 4.74 Å². The first-order valence-electron chi connectivity index (χ1n) is 6.94. The van der Waals surface area contributed by atoms with Gasteiger partial charge in [0.1, 0.15) is 0 Å². The molecule has 0 saturated heterocycles. The van der Waals surface area contributed by atoms with E-state index in [4.69, 9.17) is 10.1 Å². The van der Waals surface area contributed by atoms with Gasteiger partial charge >= 0.3 is 0 Å². The number of aromatic nitrogens is 1. The van der Waals surface area contributed by atoms with Crippen molar-refractivity contribution in [2.75, 3.05) is 6.61 Å². The third-order valence-electron chi connectivity index (χ3n) is 3.25. The SMILES string of the molecule is CC[C@H](C=N)COc1ccc(Cc2ccccc2)cn1.Cl. The maximum atomic E-state index is 7.26. The number of rotatable bonds is 7. The predicted molar refractivity (Wildman–Crippen MR) is 88.8 cm³/mol. The minimum atomic E-state index is 0. The van der Waals surface area contributed by atoms with E-state index in [0.29, 0.717) is 12.5 Å². The summed E-state index contributed by atoms with van der Waals surface area (Å²) in [6, 6.07) is 14.3. The van der Waals surface area contributed by atoms with E-state index in [1.807, 2.05) is 36.5 Å². The Morgan fingerprint density at radius 1 is 1.14 bits per heavy atom. The number of pyridine rings is 1. The summed E-state index contributed by atoms with van der Waals surface area (Å²) < 4.78 is 5.59. The maximum absolute atomic E-state index is 7.26. The number of nitrogens with one attached hydrogen (secondary N) is 1. The lowest BCUT2D eigenvalue weighted by atomic mass is 10.1. The Balaban J connectivity index is 0.00000220. The van der Waals surface area contributed by atoms with Crippen LogP contribution >= 0.6 is 12.4 Å². The summed E-state index contributed by atoms with van der Waals surface area (Å²) >= 11 is 0. The molecule has 21 heavy (non-hydrogen) atoms. The molecule has 112 valence electrons. The van der Waals surface area contributed by atoms with E-state index < -0.39 is 0 Å². The standard InChI is InChI=1S/C17H20N2O.ClH/c1-2-14(11-18)13-20-17-9-8-16(12-19-17)10-15-6-4-3-5-7-15;/h3-9,11-12,14,18H,2,10,13H2,1H3;1H/t14-;/m1./s1. The number of halogens is 1. The predicted octanol–water partition coefficient (Wildman–Crippen LogP) is 4.15. The van der Waals surface area contributed by atoms with Crippen molar-refractivity contribution < 1.29 is 4.74 Å². The van der Waals surface area contributed by atoms with E-state index in [0.717, 1.165) is 12.8 Å². The van der Waals surface area contributed by atoms with E-state index in [1.54, 1.807) is 0 Å². The van der Waals surface area contributed by atoms with Crippen molar-refractivity contribution in [3.8, 4) is 5.88 Å². The number of benzene rings is 1. The molecule has 3 nitrogen and oxygen atoms in total. The van der Waals surface area contributed by atoms with Gasteiger partial charge in [-0.25, -0.2) is 4.98 Å². The van der Waals surface area contributed by atoms with Gasteiger partial charge in [-0.05, 0) is 24.0 Å². The van der Waals surface area contributed by atoms with E-state index >= 15 is 0 Å². The van der Waals surface area contributed by atoms with E-state index in [9.17, 15) is 0 Å². The van der Waals surface area contributed by atoms with Crippen LogP contribution in [0.5, 0.6) is 5.88 Å². The molecule has 0 spiro atoms. The summed E-state index contributed by atoms with van der Waals surface area (Å²) in [5, 5.41) is 7.26. The van der Waals surface area contributed by atoms with Gasteiger partial charge < -0.3 is 10.1 Å². The van der Waals surface area contributed by atoms with E-state index in [2.05, 4.69) is 24.0 Å². The summed E-state index contributed by atoms with van der Waals surface area (Å²) in [4.78, 5) is 4.32. The highest BCUT2D eigenvalue weighted by Gasteiger charge is 2.04. The number of nitrogens with zero attached hydrogens (tertiary/aromatic N) is 1. The first-order valence-corrected chi connectivity index (χ1v) is 6.94. The molecular weight excluding hydrogens is 284 g/mol. The molecule has 0 aliphatic rings. The normalized spacial score (nSPS) is 11.3. The average Bonchev–Trinajstić information content (AvgIpc) is 2.51. The number of hydrogen-bond donors (Lipinski definition) is 1. The van der Waals surface area contributed by atoms with Gasteiger partial charge in [-0.3, -0.25) is 0 Å². The fraction of sp³-hybridized carbons (Fsp3) is 0.294. The van der Waals surface area contributed by atoms with Crippen LogP contribution in [0.3, 0.4) is 0 Å². The third-order valence-corrected chi connectivity index (χ3v) is 3.25. The first-order chi connectivity index (χ1) is 9.81. The Bertz CT molecular complexity index is 528. The zero-order valence-electron chi connectivity index (χ0n) is 12.2. The largest absolute Gasteiger partial charge is 0.477 e. The molecule has 0 unspecified atom stereocenters. The van der Waals surface area contributed by atoms with Crippen LogP contribution in [0.4, 0.5) is 0 Å². The molecule has 0 saturated carbocycles. The van der Waals surface area contributed by atoms with Crippen molar-refractivity contribution in [2.24, 2.45) is 5.92 Å². The van der Waals surface area contributed by atoms with Crippen molar-refractivity contribution >= 4 is 18.6 Å². The van der Waals surface area contributed by atoms with Crippen molar-refractivity contribution in [1.82, 2.24) is 4.98 Å². The van der Waals surface area contributed by atoms with E-state index in [-0.39, 0.29) is 18.3 Å². The van der Waals surface area contributed by atoms with Gasteiger partial charge in [-0.15, -0.1) is 12.4 Å². The molecule has 2 rings (SSSR count). The maximum Gasteiger partial charge on any atom is 0.213 e. The molecule has 0 aliphatic carbocycles. The van der Waals surface area contributed by atoms with Gasteiger partial charge in [-0.2, -0.15) is 0 Å². The molecule has 1 N–H and O–H groups in total. The number of ether oxygens (including phenoxy) is 1. The highest BCUT2D eigenvalue weighted by atomic mass is 35.5. The van der Waals surface area contributed by atoms with Crippen LogP contribution in [0.25, 0.3) is 0 Å². The van der Waals surface area contributed by atoms with Crippen molar-refractivity contribution in [3.63, 3.8) is 0 Å². The topological polar surface area (TPSA) is 46.0 Å². The molecule has 2 aromatic rings. The van der Waals surface area contributed by atoms with Crippen LogP contribution in [0.1, 0.15) is 24.5 Å². The molecule has 1 aromatic heterocycles. The molecule has 0 radical (unpaired) electrons. The second-order valence-corrected chi connectivity index (χ2v) is 4.81. The number of hydrogen-bond acceptors (Lipinski definition) is 3. The fourth-order valence-electron chi connectivity index (χ4n) is 1.91. The summed E-state index contributed by atoms with van der Waals surface area (Å²) in [7, 11) is 0. The third kappa shape index (κ3) is 5.56.